The van der Waals surface area contributed by atoms with E-state index in [1.165, 1.54) is 42.5 Å². The van der Waals surface area contributed by atoms with Crippen molar-refractivity contribution < 1.29 is 17.6 Å². The lowest BCUT2D eigenvalue weighted by Gasteiger charge is -2.13. The summed E-state index contributed by atoms with van der Waals surface area (Å²) in [5.74, 6) is 0.0526. The molecule has 0 saturated heterocycles. The van der Waals surface area contributed by atoms with Gasteiger partial charge in [-0.2, -0.15) is 33.2 Å². The monoisotopic (exact) mass is 455 g/mol. The Labute approximate surface area is 181 Å². The Morgan fingerprint density at radius 2 is 1.58 bits per heavy atom. The van der Waals surface area contributed by atoms with Gasteiger partial charge in [-0.25, -0.2) is 9.82 Å². The van der Waals surface area contributed by atoms with E-state index < -0.39 is 11.7 Å². The number of nitrogens with zero attached hydrogens (tertiary/aromatic N) is 5. The molecule has 0 unspecified atom stereocenters. The lowest BCUT2D eigenvalue weighted by atomic mass is 10.1. The summed E-state index contributed by atoms with van der Waals surface area (Å²) in [4.78, 5) is 14.1. The Balaban J connectivity index is 0.00000341. The number of anilines is 4. The highest BCUT2D eigenvalue weighted by molar-refractivity contribution is 5.85. The third-order valence-corrected chi connectivity index (χ3v) is 3.76. The maximum atomic E-state index is 13.1. The minimum absolute atomic E-state index is 0. The summed E-state index contributed by atoms with van der Waals surface area (Å²) in [7, 11) is 3.42. The van der Waals surface area contributed by atoms with Crippen LogP contribution in [0.15, 0.2) is 53.6 Å². The largest absolute Gasteiger partial charge is 0.417 e. The third kappa shape index (κ3) is 6.51. The SMILES string of the molecule is CN(C)c1nc(N/N=C/c2ccccc2C(F)(F)F)nc(Nc2ccc(F)cc2)n1.Cl. The Hall–Kier alpha value is -3.47. The average molecular weight is 456 g/mol. The standard InChI is InChI=1S/C19H17F4N7.ClH/c1-30(2)18-27-16(25-14-9-7-13(20)8-10-14)26-17(28-18)29-24-11-12-5-3-4-6-15(12)19(21,22)23;/h3-11H,1-2H3,(H2,25,26,27,28,29);1H/b24-11+;. The first-order chi connectivity index (χ1) is 14.2. The normalized spacial score (nSPS) is 11.2. The smallest absolute Gasteiger partial charge is 0.347 e. The molecule has 1 aromatic heterocycles. The molecule has 7 nitrogen and oxygen atoms in total. The zero-order valence-electron chi connectivity index (χ0n) is 16.4. The van der Waals surface area contributed by atoms with E-state index in [2.05, 4.69) is 30.8 Å². The molecule has 164 valence electrons. The van der Waals surface area contributed by atoms with Crippen molar-refractivity contribution >= 4 is 42.2 Å². The molecule has 0 atom stereocenters. The Kier molecular flexibility index (Phi) is 7.70. The van der Waals surface area contributed by atoms with Crippen molar-refractivity contribution in [2.75, 3.05) is 29.7 Å². The molecule has 0 amide bonds. The van der Waals surface area contributed by atoms with E-state index in [0.29, 0.717) is 5.69 Å². The molecule has 31 heavy (non-hydrogen) atoms. The maximum absolute atomic E-state index is 13.1. The molecule has 0 aliphatic heterocycles. The topological polar surface area (TPSA) is 78.3 Å². The highest BCUT2D eigenvalue weighted by Gasteiger charge is 2.32. The lowest BCUT2D eigenvalue weighted by Crippen LogP contribution is -2.15. The number of aromatic nitrogens is 3. The van der Waals surface area contributed by atoms with Crippen molar-refractivity contribution in [3.8, 4) is 0 Å². The van der Waals surface area contributed by atoms with Crippen molar-refractivity contribution in [2.24, 2.45) is 5.10 Å². The van der Waals surface area contributed by atoms with E-state index in [1.807, 2.05) is 0 Å². The van der Waals surface area contributed by atoms with Crippen molar-refractivity contribution in [2.45, 2.75) is 6.18 Å². The summed E-state index contributed by atoms with van der Waals surface area (Å²) in [6, 6.07) is 10.6. The van der Waals surface area contributed by atoms with E-state index in [0.717, 1.165) is 12.3 Å². The molecule has 0 bridgehead atoms. The lowest BCUT2D eigenvalue weighted by molar-refractivity contribution is -0.137. The van der Waals surface area contributed by atoms with E-state index >= 15 is 0 Å². The molecule has 0 aliphatic carbocycles. The van der Waals surface area contributed by atoms with Crippen LogP contribution in [0.5, 0.6) is 0 Å². The van der Waals surface area contributed by atoms with Crippen LogP contribution in [0.25, 0.3) is 0 Å². The number of rotatable bonds is 6. The molecular formula is C19H18ClF4N7. The number of nitrogens with one attached hydrogen (secondary N) is 2. The fraction of sp³-hybridized carbons (Fsp3) is 0.158. The maximum Gasteiger partial charge on any atom is 0.417 e. The van der Waals surface area contributed by atoms with Gasteiger partial charge >= 0.3 is 6.18 Å². The van der Waals surface area contributed by atoms with Gasteiger partial charge in [-0.05, 0) is 30.3 Å². The summed E-state index contributed by atoms with van der Waals surface area (Å²) >= 11 is 0. The minimum atomic E-state index is -4.50. The predicted molar refractivity (Wildman–Crippen MR) is 114 cm³/mol. The molecule has 0 fully saturated rings. The second kappa shape index (κ2) is 10.0. The zero-order valence-corrected chi connectivity index (χ0v) is 17.2. The number of hydrogen-bond acceptors (Lipinski definition) is 7. The number of hydrazone groups is 1. The Bertz CT molecular complexity index is 1040. The van der Waals surface area contributed by atoms with Crippen molar-refractivity contribution in [1.82, 2.24) is 15.0 Å². The average Bonchev–Trinajstić information content (AvgIpc) is 2.69. The number of hydrogen-bond donors (Lipinski definition) is 2. The summed E-state index contributed by atoms with van der Waals surface area (Å²) in [5.41, 5.74) is 2.14. The van der Waals surface area contributed by atoms with Gasteiger partial charge in [0.2, 0.25) is 17.8 Å². The van der Waals surface area contributed by atoms with Gasteiger partial charge in [0, 0.05) is 25.3 Å². The first-order valence-corrected chi connectivity index (χ1v) is 8.63. The van der Waals surface area contributed by atoms with Crippen LogP contribution in [0.1, 0.15) is 11.1 Å². The van der Waals surface area contributed by atoms with Crippen LogP contribution in [0.2, 0.25) is 0 Å². The van der Waals surface area contributed by atoms with Gasteiger partial charge < -0.3 is 10.2 Å². The summed E-state index contributed by atoms with van der Waals surface area (Å²) in [6.45, 7) is 0. The molecule has 2 aromatic carbocycles. The van der Waals surface area contributed by atoms with Gasteiger partial charge in [0.25, 0.3) is 0 Å². The van der Waals surface area contributed by atoms with Gasteiger partial charge in [-0.3, -0.25) is 0 Å². The first-order valence-electron chi connectivity index (χ1n) is 8.63. The highest BCUT2D eigenvalue weighted by Crippen LogP contribution is 2.31. The first kappa shape index (κ1) is 23.8. The molecule has 0 aliphatic rings. The van der Waals surface area contributed by atoms with Crippen molar-refractivity contribution in [3.63, 3.8) is 0 Å². The van der Waals surface area contributed by atoms with Crippen LogP contribution in [-0.4, -0.2) is 35.3 Å². The molecule has 0 saturated carbocycles. The molecule has 1 heterocycles. The molecule has 3 aromatic rings. The van der Waals surface area contributed by atoms with Crippen LogP contribution >= 0.6 is 12.4 Å². The molecule has 2 N–H and O–H groups in total. The van der Waals surface area contributed by atoms with Gasteiger partial charge in [0.05, 0.1) is 11.8 Å². The van der Waals surface area contributed by atoms with Crippen LogP contribution in [0.3, 0.4) is 0 Å². The van der Waals surface area contributed by atoms with Crippen LogP contribution in [0.4, 0.5) is 41.1 Å². The number of benzene rings is 2. The minimum Gasteiger partial charge on any atom is -0.347 e. The van der Waals surface area contributed by atoms with Gasteiger partial charge in [-0.15, -0.1) is 12.4 Å². The fourth-order valence-electron chi connectivity index (χ4n) is 2.36. The van der Waals surface area contributed by atoms with Crippen LogP contribution < -0.4 is 15.6 Å². The van der Waals surface area contributed by atoms with E-state index in [-0.39, 0.29) is 41.6 Å². The summed E-state index contributed by atoms with van der Waals surface area (Å²) in [6.07, 6.45) is -3.46. The fourth-order valence-corrected chi connectivity index (χ4v) is 2.36. The van der Waals surface area contributed by atoms with Crippen molar-refractivity contribution in [1.29, 1.82) is 0 Å². The Morgan fingerprint density at radius 3 is 2.23 bits per heavy atom. The summed E-state index contributed by atoms with van der Waals surface area (Å²) < 4.78 is 52.3. The number of alkyl halides is 3. The van der Waals surface area contributed by atoms with Gasteiger partial charge in [0.15, 0.2) is 0 Å². The van der Waals surface area contributed by atoms with E-state index in [9.17, 15) is 17.6 Å². The predicted octanol–water partition coefficient (Wildman–Crippen LogP) is 4.71. The van der Waals surface area contributed by atoms with Gasteiger partial charge in [-0.1, -0.05) is 18.2 Å². The van der Waals surface area contributed by atoms with E-state index in [4.69, 9.17) is 0 Å². The van der Waals surface area contributed by atoms with Crippen LogP contribution in [0, 0.1) is 5.82 Å². The molecule has 3 rings (SSSR count). The van der Waals surface area contributed by atoms with Crippen LogP contribution in [-0.2, 0) is 6.18 Å². The second-order valence-corrected chi connectivity index (χ2v) is 6.26. The second-order valence-electron chi connectivity index (χ2n) is 6.26. The molecule has 12 heteroatoms. The Morgan fingerprint density at radius 1 is 0.935 bits per heavy atom. The summed E-state index contributed by atoms with van der Waals surface area (Å²) in [5, 5.41) is 6.73. The third-order valence-electron chi connectivity index (χ3n) is 3.76. The highest BCUT2D eigenvalue weighted by atomic mass is 35.5. The van der Waals surface area contributed by atoms with Crippen molar-refractivity contribution in [3.05, 3.63) is 65.5 Å². The molecule has 0 radical (unpaired) electrons. The van der Waals surface area contributed by atoms with E-state index in [1.54, 1.807) is 19.0 Å². The number of halogens is 5. The molecule has 0 spiro atoms. The van der Waals surface area contributed by atoms with Gasteiger partial charge in [0.1, 0.15) is 5.82 Å². The quantitative estimate of drug-likeness (QED) is 0.318. The molecular weight excluding hydrogens is 438 g/mol. The zero-order chi connectivity index (χ0) is 21.7.